The van der Waals surface area contributed by atoms with Crippen molar-refractivity contribution in [1.29, 1.82) is 0 Å². The summed E-state index contributed by atoms with van der Waals surface area (Å²) in [5, 5.41) is -0.00240. The normalized spacial score (nSPS) is 11.4. The Kier molecular flexibility index (Phi) is 8.87. The number of amides is 1. The smallest absolute Gasteiger partial charge is 0.228 e. The molecule has 192 valence electrons. The maximum absolute atomic E-state index is 13.5. The van der Waals surface area contributed by atoms with Crippen LogP contribution in [0.2, 0.25) is 0 Å². The summed E-state index contributed by atoms with van der Waals surface area (Å²) < 4.78 is 33.9. The Morgan fingerprint density at radius 2 is 1.43 bits per heavy atom. The lowest BCUT2D eigenvalue weighted by Gasteiger charge is -2.23. The van der Waals surface area contributed by atoms with E-state index in [9.17, 15) is 13.2 Å². The van der Waals surface area contributed by atoms with Crippen LogP contribution < -0.4 is 0 Å². The van der Waals surface area contributed by atoms with Gasteiger partial charge in [-0.2, -0.15) is 0 Å². The zero-order valence-electron chi connectivity index (χ0n) is 20.9. The second-order valence-corrected chi connectivity index (χ2v) is 10.7. The highest BCUT2D eigenvalue weighted by molar-refractivity contribution is 7.90. The standard InChI is InChI=1S/C29H31N3O4S/c1-36-18-17-31(28(33)19-24-11-5-2-6-12-24)22-27-20-30-29(32(27)21-25-13-7-3-8-14-25)37(34,35)23-26-15-9-4-10-16-26/h2-16,20H,17-19,21-23H2,1H3. The predicted molar refractivity (Wildman–Crippen MR) is 143 cm³/mol. The van der Waals surface area contributed by atoms with Crippen molar-refractivity contribution in [3.05, 3.63) is 120 Å². The minimum absolute atomic E-state index is 0.00240. The highest BCUT2D eigenvalue weighted by atomic mass is 32.2. The van der Waals surface area contributed by atoms with Crippen molar-refractivity contribution in [2.75, 3.05) is 20.3 Å². The van der Waals surface area contributed by atoms with Gasteiger partial charge in [0.2, 0.25) is 20.9 Å². The third kappa shape index (κ3) is 7.15. The molecule has 0 aliphatic carbocycles. The molecule has 8 heteroatoms. The van der Waals surface area contributed by atoms with Crippen LogP contribution >= 0.6 is 0 Å². The van der Waals surface area contributed by atoms with E-state index in [1.165, 1.54) is 0 Å². The SMILES string of the molecule is COCCN(Cc1cnc(S(=O)(=O)Cc2ccccc2)n1Cc1ccccc1)C(=O)Cc1ccccc1. The summed E-state index contributed by atoms with van der Waals surface area (Å²) in [7, 11) is -2.15. The number of rotatable bonds is 12. The lowest BCUT2D eigenvalue weighted by atomic mass is 10.1. The van der Waals surface area contributed by atoms with Gasteiger partial charge in [0.05, 0.1) is 43.8 Å². The van der Waals surface area contributed by atoms with Crippen LogP contribution in [0.1, 0.15) is 22.4 Å². The van der Waals surface area contributed by atoms with Crippen LogP contribution in [0.4, 0.5) is 0 Å². The van der Waals surface area contributed by atoms with Gasteiger partial charge in [-0.3, -0.25) is 4.79 Å². The molecule has 0 saturated heterocycles. The van der Waals surface area contributed by atoms with Gasteiger partial charge in [-0.05, 0) is 16.7 Å². The van der Waals surface area contributed by atoms with Crippen LogP contribution in [0.15, 0.2) is 102 Å². The molecule has 0 radical (unpaired) electrons. The predicted octanol–water partition coefficient (Wildman–Crippen LogP) is 4.12. The molecule has 0 saturated carbocycles. The molecule has 0 N–H and O–H groups in total. The number of benzene rings is 3. The first-order valence-corrected chi connectivity index (χ1v) is 13.8. The number of methoxy groups -OCH3 is 1. The van der Waals surface area contributed by atoms with Crippen molar-refractivity contribution >= 4 is 15.7 Å². The van der Waals surface area contributed by atoms with E-state index in [0.29, 0.717) is 31.0 Å². The first kappa shape index (κ1) is 26.3. The zero-order chi connectivity index (χ0) is 26.1. The van der Waals surface area contributed by atoms with Crippen LogP contribution in [0, 0.1) is 0 Å². The van der Waals surface area contributed by atoms with E-state index in [2.05, 4.69) is 4.98 Å². The molecule has 0 aliphatic rings. The Balaban J connectivity index is 1.66. The summed E-state index contributed by atoms with van der Waals surface area (Å²) in [6, 6.07) is 28.3. The quantitative estimate of drug-likeness (QED) is 0.282. The Morgan fingerprint density at radius 3 is 2.03 bits per heavy atom. The fourth-order valence-electron chi connectivity index (χ4n) is 4.13. The summed E-state index contributed by atoms with van der Waals surface area (Å²) >= 11 is 0. The molecule has 0 atom stereocenters. The third-order valence-corrected chi connectivity index (χ3v) is 7.63. The van der Waals surface area contributed by atoms with E-state index < -0.39 is 9.84 Å². The Morgan fingerprint density at radius 1 is 0.865 bits per heavy atom. The third-order valence-electron chi connectivity index (χ3n) is 6.03. The average Bonchev–Trinajstić information content (AvgIpc) is 3.31. The number of carbonyl (C=O) groups is 1. The number of sulfone groups is 1. The Hall–Kier alpha value is -3.75. The number of carbonyl (C=O) groups excluding carboxylic acids is 1. The van der Waals surface area contributed by atoms with Gasteiger partial charge in [-0.1, -0.05) is 91.0 Å². The van der Waals surface area contributed by atoms with E-state index in [1.54, 1.807) is 34.9 Å². The fraction of sp³-hybridized carbons (Fsp3) is 0.241. The number of ether oxygens (including phenoxy) is 1. The van der Waals surface area contributed by atoms with Crippen LogP contribution in [0.3, 0.4) is 0 Å². The van der Waals surface area contributed by atoms with Gasteiger partial charge in [-0.25, -0.2) is 13.4 Å². The average molecular weight is 518 g/mol. The zero-order valence-corrected chi connectivity index (χ0v) is 21.7. The maximum Gasteiger partial charge on any atom is 0.228 e. The molecule has 0 spiro atoms. The summed E-state index contributed by atoms with van der Waals surface area (Å²) in [6.45, 7) is 1.29. The number of imidazole rings is 1. The van der Waals surface area contributed by atoms with Gasteiger partial charge in [0.15, 0.2) is 0 Å². The van der Waals surface area contributed by atoms with Gasteiger partial charge < -0.3 is 14.2 Å². The topological polar surface area (TPSA) is 81.5 Å². The molecule has 0 bridgehead atoms. The minimum atomic E-state index is -3.74. The first-order valence-electron chi connectivity index (χ1n) is 12.1. The summed E-state index contributed by atoms with van der Waals surface area (Å²) in [6.07, 6.45) is 1.81. The van der Waals surface area contributed by atoms with E-state index in [4.69, 9.17) is 4.74 Å². The van der Waals surface area contributed by atoms with Crippen molar-refractivity contribution in [3.63, 3.8) is 0 Å². The molecule has 3 aromatic carbocycles. The molecule has 1 heterocycles. The molecule has 1 amide bonds. The summed E-state index contributed by atoms with van der Waals surface area (Å²) in [4.78, 5) is 19.3. The molecule has 0 aliphatic heterocycles. The largest absolute Gasteiger partial charge is 0.383 e. The highest BCUT2D eigenvalue weighted by Crippen LogP contribution is 2.21. The van der Waals surface area contributed by atoms with Gasteiger partial charge >= 0.3 is 0 Å². The van der Waals surface area contributed by atoms with Gasteiger partial charge in [-0.15, -0.1) is 0 Å². The molecule has 4 rings (SSSR count). The van der Waals surface area contributed by atoms with Gasteiger partial charge in [0.25, 0.3) is 0 Å². The van der Waals surface area contributed by atoms with Crippen molar-refractivity contribution in [2.24, 2.45) is 0 Å². The second-order valence-electron chi connectivity index (χ2n) is 8.82. The van der Waals surface area contributed by atoms with Crippen LogP contribution in [-0.4, -0.2) is 49.0 Å². The lowest BCUT2D eigenvalue weighted by Crippen LogP contribution is -2.35. The molecule has 37 heavy (non-hydrogen) atoms. The number of hydrogen-bond donors (Lipinski definition) is 0. The lowest BCUT2D eigenvalue weighted by molar-refractivity contribution is -0.131. The fourth-order valence-corrected chi connectivity index (χ4v) is 5.62. The summed E-state index contributed by atoms with van der Waals surface area (Å²) in [5.74, 6) is -0.219. The molecular weight excluding hydrogens is 486 g/mol. The van der Waals surface area contributed by atoms with Crippen LogP contribution in [0.25, 0.3) is 0 Å². The monoisotopic (exact) mass is 517 g/mol. The van der Waals surface area contributed by atoms with Crippen molar-refractivity contribution in [1.82, 2.24) is 14.5 Å². The minimum Gasteiger partial charge on any atom is -0.383 e. The van der Waals surface area contributed by atoms with Crippen LogP contribution in [-0.2, 0) is 44.6 Å². The summed E-state index contributed by atoms with van der Waals surface area (Å²) in [5.41, 5.74) is 3.20. The van der Waals surface area contributed by atoms with E-state index in [-0.39, 0.29) is 29.8 Å². The van der Waals surface area contributed by atoms with E-state index in [1.807, 2.05) is 78.9 Å². The Bertz CT molecular complexity index is 1390. The molecule has 0 fully saturated rings. The number of hydrogen-bond acceptors (Lipinski definition) is 5. The highest BCUT2D eigenvalue weighted by Gasteiger charge is 2.26. The van der Waals surface area contributed by atoms with Crippen molar-refractivity contribution < 1.29 is 17.9 Å². The van der Waals surface area contributed by atoms with E-state index >= 15 is 0 Å². The molecule has 7 nitrogen and oxygen atoms in total. The van der Waals surface area contributed by atoms with Crippen molar-refractivity contribution in [3.8, 4) is 0 Å². The Labute approximate surface area is 218 Å². The van der Waals surface area contributed by atoms with Gasteiger partial charge in [0.1, 0.15) is 0 Å². The van der Waals surface area contributed by atoms with Gasteiger partial charge in [0, 0.05) is 13.7 Å². The van der Waals surface area contributed by atoms with Crippen LogP contribution in [0.5, 0.6) is 0 Å². The number of nitrogens with zero attached hydrogens (tertiary/aromatic N) is 3. The molecular formula is C29H31N3O4S. The first-order chi connectivity index (χ1) is 18.0. The van der Waals surface area contributed by atoms with E-state index in [0.717, 1.165) is 11.1 Å². The maximum atomic E-state index is 13.5. The molecule has 0 unspecified atom stereocenters. The molecule has 1 aromatic heterocycles. The van der Waals surface area contributed by atoms with Crippen molar-refractivity contribution in [2.45, 2.75) is 30.4 Å². The second kappa shape index (κ2) is 12.5. The number of aromatic nitrogens is 2. The molecule has 4 aromatic rings.